The van der Waals surface area contributed by atoms with Crippen molar-refractivity contribution in [3.8, 4) is 0 Å². The first-order chi connectivity index (χ1) is 0. The largest absolute Gasteiger partial charge is 4.00 e. The summed E-state index contributed by atoms with van der Waals surface area (Å²) in [5.74, 6) is 0. The Morgan fingerprint density at radius 3 is 0.400 bits per heavy atom. The summed E-state index contributed by atoms with van der Waals surface area (Å²) in [6.07, 6.45) is 0. The van der Waals surface area contributed by atoms with E-state index in [1.165, 1.54) is 0 Å². The molecule has 0 fully saturated rings. The van der Waals surface area contributed by atoms with Crippen molar-refractivity contribution in [2.24, 2.45) is 0 Å². The molecule has 0 amide bonds. The Labute approximate surface area is 117 Å². The molecular weight excluding hydrogens is 635 g/mol. The SMILES string of the molecule is [I-].[I-].[I-].[I-].[Te+4]. The predicted molar refractivity (Wildman–Crippen MR) is 5.75 cm³/mol. The Morgan fingerprint density at radius 2 is 0.400 bits per heavy atom. The van der Waals surface area contributed by atoms with Gasteiger partial charge in [-0.3, -0.25) is 0 Å². The van der Waals surface area contributed by atoms with Gasteiger partial charge in [0, 0.05) is 0 Å². The summed E-state index contributed by atoms with van der Waals surface area (Å²) in [5.41, 5.74) is 0. The number of hydrogen-bond acceptors (Lipinski definition) is 0. The van der Waals surface area contributed by atoms with Gasteiger partial charge in [-0.1, -0.05) is 0 Å². The molecule has 0 unspecified atom stereocenters. The van der Waals surface area contributed by atoms with Crippen LogP contribution in [0.25, 0.3) is 0 Å². The molecule has 0 saturated heterocycles. The third kappa shape index (κ3) is 18.3. The Kier molecular flexibility index (Phi) is 190. The van der Waals surface area contributed by atoms with Crippen LogP contribution in [0.2, 0.25) is 0 Å². The monoisotopic (exact) mass is 638 g/mol. The van der Waals surface area contributed by atoms with Gasteiger partial charge in [-0.25, -0.2) is 0 Å². The fourth-order valence-electron chi connectivity index (χ4n) is 0. The van der Waals surface area contributed by atoms with E-state index in [-0.39, 0.29) is 120 Å². The minimum Gasteiger partial charge on any atom is -1.00 e. The predicted octanol–water partition coefficient (Wildman–Crippen LogP) is -12.4. The van der Waals surface area contributed by atoms with Crippen molar-refractivity contribution in [1.29, 1.82) is 0 Å². The van der Waals surface area contributed by atoms with Crippen LogP contribution in [0, 0.1) is 0 Å². The Hall–Kier alpha value is 3.71. The molecule has 0 atom stereocenters. The molecule has 0 spiro atoms. The number of halogens is 4. The van der Waals surface area contributed by atoms with Crippen LogP contribution in [0.5, 0.6) is 0 Å². The van der Waals surface area contributed by atoms with Crippen molar-refractivity contribution in [3.05, 3.63) is 0 Å². The molecule has 5 heteroatoms. The maximum absolute atomic E-state index is 0. The summed E-state index contributed by atoms with van der Waals surface area (Å²) in [7, 11) is 0. The third-order valence-corrected chi connectivity index (χ3v) is 0. The second-order valence-corrected chi connectivity index (χ2v) is 0. The zero-order chi connectivity index (χ0) is 0. The van der Waals surface area contributed by atoms with Crippen molar-refractivity contribution < 1.29 is 95.9 Å². The Balaban J connectivity index is 0. The normalized spacial score (nSPS) is 0. The molecule has 0 heterocycles. The van der Waals surface area contributed by atoms with Gasteiger partial charge < -0.3 is 95.9 Å². The fraction of sp³-hybridized carbons (Fsp3) is 0. The van der Waals surface area contributed by atoms with Gasteiger partial charge in [-0.05, 0) is 0 Å². The average molecular weight is 635 g/mol. The molecule has 0 saturated carbocycles. The Bertz CT molecular complexity index is 3.61. The van der Waals surface area contributed by atoms with Crippen LogP contribution >= 0.6 is 0 Å². The van der Waals surface area contributed by atoms with Crippen molar-refractivity contribution >= 4 is 23.7 Å². The number of hydrogen-bond donors (Lipinski definition) is 0. The van der Waals surface area contributed by atoms with Gasteiger partial charge in [-0.2, -0.15) is 0 Å². The van der Waals surface area contributed by atoms with Crippen LogP contribution in [-0.2, 0) is 0 Å². The maximum atomic E-state index is 0. The van der Waals surface area contributed by atoms with E-state index in [0.717, 1.165) is 0 Å². The minimum absolute atomic E-state index is 0. The first-order valence-electron chi connectivity index (χ1n) is 0. The van der Waals surface area contributed by atoms with E-state index < -0.39 is 0 Å². The first kappa shape index (κ1) is 37.6. The van der Waals surface area contributed by atoms with Gasteiger partial charge in [0.25, 0.3) is 0 Å². The zero-order valence-corrected chi connectivity index (χ0v) is 12.9. The molecule has 0 bridgehead atoms. The summed E-state index contributed by atoms with van der Waals surface area (Å²) in [5, 5.41) is 0. The first-order valence-corrected chi connectivity index (χ1v) is 0. The maximum Gasteiger partial charge on any atom is 4.00 e. The second kappa shape index (κ2) is 25.2. The van der Waals surface area contributed by atoms with E-state index >= 15 is 0 Å². The molecule has 34 valence electrons. The van der Waals surface area contributed by atoms with E-state index in [9.17, 15) is 0 Å². The van der Waals surface area contributed by atoms with Crippen LogP contribution in [-0.4, -0.2) is 23.7 Å². The van der Waals surface area contributed by atoms with E-state index in [2.05, 4.69) is 0 Å². The molecule has 5 heavy (non-hydrogen) atoms. The summed E-state index contributed by atoms with van der Waals surface area (Å²) < 4.78 is 0. The van der Waals surface area contributed by atoms with Gasteiger partial charge in [-0.15, -0.1) is 0 Å². The molecule has 0 N–H and O–H groups in total. The Morgan fingerprint density at radius 1 is 0.400 bits per heavy atom. The van der Waals surface area contributed by atoms with Gasteiger partial charge in [0.15, 0.2) is 0 Å². The molecule has 0 aromatic rings. The van der Waals surface area contributed by atoms with Crippen molar-refractivity contribution in [3.63, 3.8) is 0 Å². The van der Waals surface area contributed by atoms with Crippen LogP contribution < -0.4 is 95.9 Å². The molecule has 0 aliphatic carbocycles. The van der Waals surface area contributed by atoms with E-state index in [1.54, 1.807) is 0 Å². The summed E-state index contributed by atoms with van der Waals surface area (Å²) in [6.45, 7) is 0. The number of rotatable bonds is 0. The molecule has 0 nitrogen and oxygen atoms in total. The standard InChI is InChI=1S/4HI.Te/h4*1H;/q;;;;+4/p-4. The van der Waals surface area contributed by atoms with Gasteiger partial charge in [0.05, 0.1) is 0 Å². The topological polar surface area (TPSA) is 0 Å². The van der Waals surface area contributed by atoms with Crippen molar-refractivity contribution in [2.75, 3.05) is 0 Å². The fourth-order valence-corrected chi connectivity index (χ4v) is 0. The molecule has 0 aromatic heterocycles. The van der Waals surface area contributed by atoms with Crippen LogP contribution in [0.4, 0.5) is 0 Å². The van der Waals surface area contributed by atoms with E-state index in [1.807, 2.05) is 0 Å². The minimum atomic E-state index is 0. The molecule has 0 aliphatic heterocycles. The van der Waals surface area contributed by atoms with E-state index in [4.69, 9.17) is 0 Å². The van der Waals surface area contributed by atoms with Crippen LogP contribution in [0.15, 0.2) is 0 Å². The molecule has 0 rings (SSSR count). The van der Waals surface area contributed by atoms with Gasteiger partial charge in [0.2, 0.25) is 0 Å². The van der Waals surface area contributed by atoms with Crippen LogP contribution in [0.3, 0.4) is 0 Å². The molecule has 0 aromatic carbocycles. The smallest absolute Gasteiger partial charge is 1.00 e. The molecule has 2 radical (unpaired) electrons. The quantitative estimate of drug-likeness (QED) is 0.184. The summed E-state index contributed by atoms with van der Waals surface area (Å²) in [4.78, 5) is 0. The van der Waals surface area contributed by atoms with E-state index in [0.29, 0.717) is 0 Å². The molecular formula is I4Te. The van der Waals surface area contributed by atoms with Crippen molar-refractivity contribution in [2.45, 2.75) is 0 Å². The van der Waals surface area contributed by atoms with Gasteiger partial charge in [0.1, 0.15) is 0 Å². The van der Waals surface area contributed by atoms with Crippen LogP contribution in [0.1, 0.15) is 0 Å². The third-order valence-electron chi connectivity index (χ3n) is 0. The van der Waals surface area contributed by atoms with Gasteiger partial charge >= 0.3 is 23.7 Å². The summed E-state index contributed by atoms with van der Waals surface area (Å²) in [6, 6.07) is 0. The van der Waals surface area contributed by atoms with Crippen molar-refractivity contribution in [1.82, 2.24) is 0 Å². The molecule has 0 aliphatic rings. The summed E-state index contributed by atoms with van der Waals surface area (Å²) >= 11 is 0. The average Bonchev–Trinajstić information content (AvgIpc) is 0. The zero-order valence-electron chi connectivity index (χ0n) is 1.92. The second-order valence-electron chi connectivity index (χ2n) is 0.